The van der Waals surface area contributed by atoms with E-state index < -0.39 is 0 Å². The average molecular weight is 338 g/mol. The number of aromatic nitrogens is 3. The summed E-state index contributed by atoms with van der Waals surface area (Å²) >= 11 is 0. The predicted molar refractivity (Wildman–Crippen MR) is 93.0 cm³/mol. The standard InChI is InChI=1S/C19H19FN4O/c1-13-7-6-9-16(11-13)24-14(2)18(21-22-24)19(25)23(3)12-15-8-4-5-10-17(15)20/h4-11H,12H2,1-3H3. The highest BCUT2D eigenvalue weighted by Gasteiger charge is 2.21. The van der Waals surface area contributed by atoms with Crippen molar-refractivity contribution in [2.24, 2.45) is 0 Å². The molecule has 1 heterocycles. The summed E-state index contributed by atoms with van der Waals surface area (Å²) in [6.45, 7) is 3.96. The Bertz CT molecular complexity index is 919. The van der Waals surface area contributed by atoms with Gasteiger partial charge in [0.05, 0.1) is 11.4 Å². The Morgan fingerprint density at radius 3 is 2.64 bits per heavy atom. The molecule has 128 valence electrons. The molecule has 0 saturated carbocycles. The summed E-state index contributed by atoms with van der Waals surface area (Å²) in [6, 6.07) is 14.2. The number of nitrogens with zero attached hydrogens (tertiary/aromatic N) is 4. The maximum atomic E-state index is 13.8. The Labute approximate surface area is 145 Å². The number of hydrogen-bond acceptors (Lipinski definition) is 3. The van der Waals surface area contributed by atoms with E-state index in [1.807, 2.05) is 31.2 Å². The van der Waals surface area contributed by atoms with E-state index in [4.69, 9.17) is 0 Å². The van der Waals surface area contributed by atoms with Gasteiger partial charge in [-0.1, -0.05) is 35.5 Å². The van der Waals surface area contributed by atoms with E-state index >= 15 is 0 Å². The van der Waals surface area contributed by atoms with E-state index in [0.717, 1.165) is 11.3 Å². The van der Waals surface area contributed by atoms with Crippen LogP contribution in [0.5, 0.6) is 0 Å². The van der Waals surface area contributed by atoms with Crippen LogP contribution in [0.15, 0.2) is 48.5 Å². The van der Waals surface area contributed by atoms with Gasteiger partial charge in [-0.25, -0.2) is 9.07 Å². The number of halogens is 1. The molecule has 3 aromatic rings. The molecule has 0 fully saturated rings. The Morgan fingerprint density at radius 2 is 1.92 bits per heavy atom. The molecule has 0 unspecified atom stereocenters. The molecule has 6 heteroatoms. The fourth-order valence-corrected chi connectivity index (χ4v) is 2.67. The van der Waals surface area contributed by atoms with Crippen LogP contribution in [0.4, 0.5) is 4.39 Å². The van der Waals surface area contributed by atoms with Gasteiger partial charge in [-0.2, -0.15) is 0 Å². The minimum Gasteiger partial charge on any atom is -0.336 e. The molecular weight excluding hydrogens is 319 g/mol. The van der Waals surface area contributed by atoms with Crippen LogP contribution in [-0.4, -0.2) is 32.8 Å². The van der Waals surface area contributed by atoms with Crippen molar-refractivity contribution in [3.63, 3.8) is 0 Å². The first-order chi connectivity index (χ1) is 12.0. The Hall–Kier alpha value is -3.02. The summed E-state index contributed by atoms with van der Waals surface area (Å²) in [6.07, 6.45) is 0. The summed E-state index contributed by atoms with van der Waals surface area (Å²) in [5, 5.41) is 8.14. The van der Waals surface area contributed by atoms with E-state index in [1.165, 1.54) is 11.0 Å². The third-order valence-electron chi connectivity index (χ3n) is 4.06. The summed E-state index contributed by atoms with van der Waals surface area (Å²) in [5.74, 6) is -0.623. The number of carbonyl (C=O) groups excluding carboxylic acids is 1. The second-order valence-corrected chi connectivity index (χ2v) is 6.03. The molecule has 0 spiro atoms. The Morgan fingerprint density at radius 1 is 1.16 bits per heavy atom. The third-order valence-corrected chi connectivity index (χ3v) is 4.06. The second kappa shape index (κ2) is 6.84. The first-order valence-electron chi connectivity index (χ1n) is 7.95. The normalized spacial score (nSPS) is 10.7. The lowest BCUT2D eigenvalue weighted by Gasteiger charge is -2.16. The first kappa shape index (κ1) is 16.8. The highest BCUT2D eigenvalue weighted by atomic mass is 19.1. The van der Waals surface area contributed by atoms with Crippen molar-refractivity contribution in [1.82, 2.24) is 19.9 Å². The fraction of sp³-hybridized carbons (Fsp3) is 0.211. The van der Waals surface area contributed by atoms with Crippen molar-refractivity contribution in [1.29, 1.82) is 0 Å². The molecule has 2 aromatic carbocycles. The minimum atomic E-state index is -0.331. The molecule has 0 atom stereocenters. The van der Waals surface area contributed by atoms with Crippen LogP contribution < -0.4 is 0 Å². The average Bonchev–Trinajstić information content (AvgIpc) is 2.97. The molecule has 1 amide bonds. The molecule has 0 bridgehead atoms. The van der Waals surface area contributed by atoms with Gasteiger partial charge in [0.2, 0.25) is 0 Å². The lowest BCUT2D eigenvalue weighted by Crippen LogP contribution is -2.27. The molecule has 3 rings (SSSR count). The third kappa shape index (κ3) is 3.42. The van der Waals surface area contributed by atoms with Crippen LogP contribution in [0, 0.1) is 19.7 Å². The van der Waals surface area contributed by atoms with Crippen molar-refractivity contribution in [2.75, 3.05) is 7.05 Å². The SMILES string of the molecule is Cc1cccc(-n2nnc(C(=O)N(C)Cc3ccccc3F)c2C)c1. The molecule has 0 saturated heterocycles. The van der Waals surface area contributed by atoms with Crippen LogP contribution in [0.2, 0.25) is 0 Å². The fourth-order valence-electron chi connectivity index (χ4n) is 2.67. The Kier molecular flexibility index (Phi) is 4.61. The van der Waals surface area contributed by atoms with Gasteiger partial charge in [0.15, 0.2) is 5.69 Å². The zero-order valence-electron chi connectivity index (χ0n) is 14.4. The maximum absolute atomic E-state index is 13.8. The van der Waals surface area contributed by atoms with Crippen molar-refractivity contribution in [3.05, 3.63) is 76.9 Å². The van der Waals surface area contributed by atoms with Gasteiger partial charge in [0.1, 0.15) is 5.82 Å². The van der Waals surface area contributed by atoms with E-state index in [0.29, 0.717) is 11.3 Å². The topological polar surface area (TPSA) is 51.0 Å². The minimum absolute atomic E-state index is 0.169. The molecule has 25 heavy (non-hydrogen) atoms. The van der Waals surface area contributed by atoms with Crippen molar-refractivity contribution in [3.8, 4) is 5.69 Å². The van der Waals surface area contributed by atoms with Crippen molar-refractivity contribution < 1.29 is 9.18 Å². The van der Waals surface area contributed by atoms with E-state index in [9.17, 15) is 9.18 Å². The van der Waals surface area contributed by atoms with E-state index in [2.05, 4.69) is 10.3 Å². The molecule has 5 nitrogen and oxygen atoms in total. The van der Waals surface area contributed by atoms with E-state index in [1.54, 1.807) is 36.9 Å². The molecule has 0 aliphatic rings. The van der Waals surface area contributed by atoms with Gasteiger partial charge in [0.25, 0.3) is 5.91 Å². The number of aryl methyl sites for hydroxylation is 1. The van der Waals surface area contributed by atoms with Gasteiger partial charge in [-0.15, -0.1) is 5.10 Å². The smallest absolute Gasteiger partial charge is 0.276 e. The van der Waals surface area contributed by atoms with Crippen LogP contribution in [0.3, 0.4) is 0 Å². The molecule has 0 N–H and O–H groups in total. The van der Waals surface area contributed by atoms with Gasteiger partial charge < -0.3 is 4.90 Å². The lowest BCUT2D eigenvalue weighted by atomic mass is 10.2. The van der Waals surface area contributed by atoms with E-state index in [-0.39, 0.29) is 24.0 Å². The van der Waals surface area contributed by atoms with Gasteiger partial charge in [-0.3, -0.25) is 4.79 Å². The highest BCUT2D eigenvalue weighted by Crippen LogP contribution is 2.16. The molecule has 0 radical (unpaired) electrons. The largest absolute Gasteiger partial charge is 0.336 e. The van der Waals surface area contributed by atoms with Gasteiger partial charge >= 0.3 is 0 Å². The summed E-state index contributed by atoms with van der Waals surface area (Å²) < 4.78 is 15.4. The zero-order valence-corrected chi connectivity index (χ0v) is 14.4. The summed E-state index contributed by atoms with van der Waals surface area (Å²) in [5.41, 5.74) is 3.32. The monoisotopic (exact) mass is 338 g/mol. The number of amides is 1. The highest BCUT2D eigenvalue weighted by molar-refractivity contribution is 5.93. The molecule has 1 aromatic heterocycles. The molecular formula is C19H19FN4O. The van der Waals surface area contributed by atoms with Gasteiger partial charge in [0, 0.05) is 19.2 Å². The predicted octanol–water partition coefficient (Wildman–Crippen LogP) is 3.30. The zero-order chi connectivity index (χ0) is 18.0. The number of rotatable bonds is 4. The number of carbonyl (C=O) groups is 1. The van der Waals surface area contributed by atoms with Gasteiger partial charge in [-0.05, 0) is 37.6 Å². The quantitative estimate of drug-likeness (QED) is 0.733. The molecule has 0 aliphatic heterocycles. The number of benzene rings is 2. The first-order valence-corrected chi connectivity index (χ1v) is 7.95. The Balaban J connectivity index is 1.84. The maximum Gasteiger partial charge on any atom is 0.276 e. The molecule has 0 aliphatic carbocycles. The van der Waals surface area contributed by atoms with Crippen molar-refractivity contribution >= 4 is 5.91 Å². The van der Waals surface area contributed by atoms with Crippen LogP contribution in [0.25, 0.3) is 5.69 Å². The second-order valence-electron chi connectivity index (χ2n) is 6.03. The number of hydrogen-bond donors (Lipinski definition) is 0. The summed E-state index contributed by atoms with van der Waals surface area (Å²) in [4.78, 5) is 14.1. The summed E-state index contributed by atoms with van der Waals surface area (Å²) in [7, 11) is 1.62. The van der Waals surface area contributed by atoms with Crippen LogP contribution in [0.1, 0.15) is 27.3 Å². The lowest BCUT2D eigenvalue weighted by molar-refractivity contribution is 0.0777. The van der Waals surface area contributed by atoms with Crippen molar-refractivity contribution in [2.45, 2.75) is 20.4 Å². The van der Waals surface area contributed by atoms with Crippen LogP contribution in [-0.2, 0) is 6.54 Å². The van der Waals surface area contributed by atoms with Crippen LogP contribution >= 0.6 is 0 Å².